The van der Waals surface area contributed by atoms with E-state index in [-0.39, 0.29) is 11.9 Å². The molecule has 1 atom stereocenters. The summed E-state index contributed by atoms with van der Waals surface area (Å²) in [6.45, 7) is 4.84. The maximum absolute atomic E-state index is 13.1. The van der Waals surface area contributed by atoms with Crippen LogP contribution in [0.3, 0.4) is 0 Å². The summed E-state index contributed by atoms with van der Waals surface area (Å²) < 4.78 is 0. The van der Waals surface area contributed by atoms with Crippen LogP contribution in [0, 0.1) is 0 Å². The van der Waals surface area contributed by atoms with Crippen molar-refractivity contribution in [1.29, 1.82) is 0 Å². The molecular formula is C25H26ClN5O. The fourth-order valence-electron chi connectivity index (χ4n) is 4.54. The van der Waals surface area contributed by atoms with Crippen molar-refractivity contribution in [2.24, 2.45) is 0 Å². The Morgan fingerprint density at radius 3 is 2.84 bits per heavy atom. The summed E-state index contributed by atoms with van der Waals surface area (Å²) in [6.07, 6.45) is 1.81. The third-order valence-electron chi connectivity index (χ3n) is 6.34. The summed E-state index contributed by atoms with van der Waals surface area (Å²) in [4.78, 5) is 25.3. The molecule has 2 aromatic heterocycles. The number of hydrogen-bond acceptors (Lipinski definition) is 4. The number of aromatic amines is 1. The highest BCUT2D eigenvalue weighted by atomic mass is 35.5. The number of fused-ring (bicyclic) bond motifs is 2. The molecule has 164 valence electrons. The summed E-state index contributed by atoms with van der Waals surface area (Å²) in [7, 11) is 1.91. The lowest BCUT2D eigenvalue weighted by Gasteiger charge is -2.39. The molecule has 1 fully saturated rings. The molecule has 7 heteroatoms. The van der Waals surface area contributed by atoms with Crippen molar-refractivity contribution in [3.63, 3.8) is 0 Å². The van der Waals surface area contributed by atoms with Gasteiger partial charge in [0.25, 0.3) is 0 Å². The van der Waals surface area contributed by atoms with Crippen LogP contribution < -0.4 is 5.32 Å². The second kappa shape index (κ2) is 8.45. The van der Waals surface area contributed by atoms with E-state index >= 15 is 0 Å². The van der Waals surface area contributed by atoms with Gasteiger partial charge in [-0.05, 0) is 48.9 Å². The maximum Gasteiger partial charge on any atom is 0.239 e. The summed E-state index contributed by atoms with van der Waals surface area (Å²) in [5.74, 6) is 0.160. The standard InChI is InChI=1S/C25H26ClN5O/c1-16-25(32)31(14-17-3-5-21-23(27-2)7-8-28-24(21)11-17)10-9-30(16)15-20-13-18-12-19(26)4-6-22(18)29-20/h3-8,11-13,16,29H,9-10,14-15H2,1-2H3,(H,27,28)/t16-/m0/s1. The minimum atomic E-state index is -0.173. The third-order valence-corrected chi connectivity index (χ3v) is 6.57. The van der Waals surface area contributed by atoms with E-state index in [2.05, 4.69) is 44.5 Å². The van der Waals surface area contributed by atoms with Gasteiger partial charge in [-0.2, -0.15) is 0 Å². The number of H-pyrrole nitrogens is 1. The van der Waals surface area contributed by atoms with Crippen LogP contribution in [0.5, 0.6) is 0 Å². The van der Waals surface area contributed by atoms with E-state index in [0.29, 0.717) is 19.6 Å². The van der Waals surface area contributed by atoms with Gasteiger partial charge in [0, 0.05) is 72.1 Å². The summed E-state index contributed by atoms with van der Waals surface area (Å²) >= 11 is 6.11. The number of halogens is 1. The van der Waals surface area contributed by atoms with E-state index in [1.165, 1.54) is 0 Å². The Morgan fingerprint density at radius 1 is 1.12 bits per heavy atom. The van der Waals surface area contributed by atoms with Gasteiger partial charge < -0.3 is 15.2 Å². The molecule has 0 unspecified atom stereocenters. The van der Waals surface area contributed by atoms with Crippen LogP contribution in [-0.4, -0.2) is 51.9 Å². The maximum atomic E-state index is 13.1. The zero-order chi connectivity index (χ0) is 22.2. The average Bonchev–Trinajstić information content (AvgIpc) is 3.19. The fraction of sp³-hybridized carbons (Fsp3) is 0.280. The Labute approximate surface area is 192 Å². The van der Waals surface area contributed by atoms with Crippen LogP contribution in [0.25, 0.3) is 21.8 Å². The highest BCUT2D eigenvalue weighted by Crippen LogP contribution is 2.25. The van der Waals surface area contributed by atoms with Gasteiger partial charge in [0.05, 0.1) is 11.6 Å². The zero-order valence-electron chi connectivity index (χ0n) is 18.2. The first-order chi connectivity index (χ1) is 15.5. The molecule has 1 aliphatic heterocycles. The molecule has 1 saturated heterocycles. The van der Waals surface area contributed by atoms with Crippen molar-refractivity contribution in [1.82, 2.24) is 19.8 Å². The molecule has 0 aliphatic carbocycles. The Bertz CT molecular complexity index is 1300. The number of hydrogen-bond donors (Lipinski definition) is 2. The number of benzene rings is 2. The molecule has 3 heterocycles. The van der Waals surface area contributed by atoms with E-state index in [1.54, 1.807) is 0 Å². The van der Waals surface area contributed by atoms with Crippen molar-refractivity contribution in [3.8, 4) is 0 Å². The number of nitrogens with zero attached hydrogens (tertiary/aromatic N) is 3. The predicted octanol–water partition coefficient (Wildman–Crippen LogP) is 4.64. The van der Waals surface area contributed by atoms with E-state index in [1.807, 2.05) is 49.3 Å². The topological polar surface area (TPSA) is 64.3 Å². The molecule has 6 nitrogen and oxygen atoms in total. The van der Waals surface area contributed by atoms with Crippen molar-refractivity contribution >= 4 is 45.0 Å². The number of pyridine rings is 1. The first-order valence-electron chi connectivity index (χ1n) is 10.9. The Kier molecular flexibility index (Phi) is 5.49. The lowest BCUT2D eigenvalue weighted by atomic mass is 10.1. The van der Waals surface area contributed by atoms with Gasteiger partial charge in [0.1, 0.15) is 0 Å². The molecule has 2 N–H and O–H groups in total. The van der Waals surface area contributed by atoms with Gasteiger partial charge in [0.2, 0.25) is 5.91 Å². The SMILES string of the molecule is CNc1ccnc2cc(CN3CCN(Cc4cc5cc(Cl)ccc5[nH]4)[C@@H](C)C3=O)ccc12. The van der Waals surface area contributed by atoms with Crippen molar-refractivity contribution in [2.45, 2.75) is 26.1 Å². The third kappa shape index (κ3) is 3.92. The first-order valence-corrected chi connectivity index (χ1v) is 11.2. The average molecular weight is 448 g/mol. The number of rotatable bonds is 5. The number of carbonyl (C=O) groups is 1. The normalized spacial score (nSPS) is 17.4. The Hall–Kier alpha value is -3.09. The smallest absolute Gasteiger partial charge is 0.239 e. The van der Waals surface area contributed by atoms with E-state index < -0.39 is 0 Å². The van der Waals surface area contributed by atoms with Crippen LogP contribution in [0.15, 0.2) is 54.7 Å². The molecule has 32 heavy (non-hydrogen) atoms. The molecule has 2 aromatic carbocycles. The monoisotopic (exact) mass is 447 g/mol. The van der Waals surface area contributed by atoms with Crippen LogP contribution in [0.4, 0.5) is 5.69 Å². The van der Waals surface area contributed by atoms with E-state index in [4.69, 9.17) is 11.6 Å². The van der Waals surface area contributed by atoms with Crippen LogP contribution in [0.1, 0.15) is 18.2 Å². The summed E-state index contributed by atoms with van der Waals surface area (Å²) in [5.41, 5.74) is 5.25. The molecule has 1 amide bonds. The zero-order valence-corrected chi connectivity index (χ0v) is 19.0. The molecule has 0 saturated carbocycles. The van der Waals surface area contributed by atoms with Crippen molar-refractivity contribution in [3.05, 3.63) is 71.0 Å². The minimum absolute atomic E-state index is 0.160. The number of aromatic nitrogens is 2. The first kappa shape index (κ1) is 20.8. The second-order valence-electron chi connectivity index (χ2n) is 8.39. The molecule has 1 aliphatic rings. The van der Waals surface area contributed by atoms with Gasteiger partial charge in [0.15, 0.2) is 0 Å². The molecule has 4 aromatic rings. The lowest BCUT2D eigenvalue weighted by molar-refractivity contribution is -0.142. The van der Waals surface area contributed by atoms with Gasteiger partial charge in [-0.15, -0.1) is 0 Å². The largest absolute Gasteiger partial charge is 0.388 e. The quantitative estimate of drug-likeness (QED) is 0.467. The van der Waals surface area contributed by atoms with Gasteiger partial charge in [-0.25, -0.2) is 0 Å². The Morgan fingerprint density at radius 2 is 2.00 bits per heavy atom. The van der Waals surface area contributed by atoms with Crippen molar-refractivity contribution in [2.75, 3.05) is 25.5 Å². The van der Waals surface area contributed by atoms with Crippen LogP contribution in [0.2, 0.25) is 5.02 Å². The predicted molar refractivity (Wildman–Crippen MR) is 130 cm³/mol. The molecule has 5 rings (SSSR count). The summed E-state index contributed by atoms with van der Waals surface area (Å²) in [6, 6.07) is 16.0. The lowest BCUT2D eigenvalue weighted by Crippen LogP contribution is -2.54. The van der Waals surface area contributed by atoms with E-state index in [9.17, 15) is 4.79 Å². The van der Waals surface area contributed by atoms with Crippen LogP contribution in [-0.2, 0) is 17.9 Å². The molecule has 0 spiro atoms. The number of anilines is 1. The highest BCUT2D eigenvalue weighted by Gasteiger charge is 2.31. The highest BCUT2D eigenvalue weighted by molar-refractivity contribution is 6.31. The second-order valence-corrected chi connectivity index (χ2v) is 8.83. The number of carbonyl (C=O) groups excluding carboxylic acids is 1. The summed E-state index contributed by atoms with van der Waals surface area (Å²) in [5, 5.41) is 6.11. The van der Waals surface area contributed by atoms with Gasteiger partial charge >= 0.3 is 0 Å². The van der Waals surface area contributed by atoms with Gasteiger partial charge in [-0.1, -0.05) is 23.7 Å². The number of amides is 1. The molecular weight excluding hydrogens is 422 g/mol. The van der Waals surface area contributed by atoms with Crippen molar-refractivity contribution < 1.29 is 4.79 Å². The Balaban J connectivity index is 1.28. The fourth-order valence-corrected chi connectivity index (χ4v) is 4.72. The molecule has 0 radical (unpaired) electrons. The van der Waals surface area contributed by atoms with Crippen LogP contribution >= 0.6 is 11.6 Å². The van der Waals surface area contributed by atoms with E-state index in [0.717, 1.165) is 50.3 Å². The van der Waals surface area contributed by atoms with Gasteiger partial charge in [-0.3, -0.25) is 14.7 Å². The minimum Gasteiger partial charge on any atom is -0.388 e. The number of piperazine rings is 1. The number of nitrogens with one attached hydrogen (secondary N) is 2. The molecule has 0 bridgehead atoms.